The first-order chi connectivity index (χ1) is 49.5. The van der Waals surface area contributed by atoms with Gasteiger partial charge in [0, 0.05) is 37.2 Å². The van der Waals surface area contributed by atoms with Crippen LogP contribution in [0.5, 0.6) is 46.0 Å². The van der Waals surface area contributed by atoms with Crippen LogP contribution in [0.1, 0.15) is 125 Å². The summed E-state index contributed by atoms with van der Waals surface area (Å²) in [5, 5.41) is -3.91. The van der Waals surface area contributed by atoms with Gasteiger partial charge in [-0.05, 0) is 213 Å². The molecule has 554 valence electrons. The lowest BCUT2D eigenvalue weighted by molar-refractivity contribution is 0.0637. The van der Waals surface area contributed by atoms with E-state index in [1.807, 2.05) is 168 Å². The highest BCUT2D eigenvalue weighted by Crippen LogP contribution is 2.67. The van der Waals surface area contributed by atoms with Crippen LogP contribution in [-0.4, -0.2) is 57.1 Å². The van der Waals surface area contributed by atoms with E-state index >= 15 is 18.3 Å². The first-order valence-electron chi connectivity index (χ1n) is 35.4. The Labute approximate surface area is 624 Å². The number of fused-ring (bicyclic) bond motifs is 3. The van der Waals surface area contributed by atoms with E-state index < -0.39 is 56.9 Å². The number of aryl methyl sites for hydroxylation is 6. The topological polar surface area (TPSA) is 149 Å². The lowest BCUT2D eigenvalue weighted by Crippen LogP contribution is -2.51. The molecule has 9 rings (SSSR count). The molecule has 18 heteroatoms. The average molecular weight is 1490 g/mol. The molecular formula is C87H104N2O12P4. The largest absolute Gasteiger partial charge is 0.486 e. The molecule has 1 heterocycles. The zero-order chi connectivity index (χ0) is 76.9. The Morgan fingerprint density at radius 2 is 0.886 bits per heavy atom. The number of para-hydroxylation sites is 4. The molecule has 0 bridgehead atoms. The van der Waals surface area contributed by atoms with Crippen LogP contribution < -0.4 is 47.2 Å². The Morgan fingerprint density at radius 1 is 0.438 bits per heavy atom. The zero-order valence-electron chi connectivity index (χ0n) is 64.0. The number of ether oxygens (including phenoxy) is 2. The molecule has 4 unspecified atom stereocenters. The fourth-order valence-electron chi connectivity index (χ4n) is 13.0. The van der Waals surface area contributed by atoms with Gasteiger partial charge in [-0.25, -0.2) is 13.8 Å². The number of benzene rings is 8. The zero-order valence-corrected chi connectivity index (χ0v) is 67.6. The Balaban J connectivity index is 1.14. The summed E-state index contributed by atoms with van der Waals surface area (Å²) in [6.45, 7) is 55.4. The predicted octanol–water partition coefficient (Wildman–Crippen LogP) is 23.0. The highest BCUT2D eigenvalue weighted by atomic mass is 31.2. The van der Waals surface area contributed by atoms with Gasteiger partial charge in [0.05, 0.1) is 10.6 Å². The fourth-order valence-corrected chi connectivity index (χ4v) is 21.9. The quantitative estimate of drug-likeness (QED) is 0.0274. The SMILES string of the molecule is C=CCc1cc(C(C)(C)c2ccc(OP(=O)(Oc3c(C)cccc3C)C(C)(C)C(C)(C)Oc3ccc(OP(=O)(Oc4c(C)cccc4C)C(C)(C)N(CC=C)CC=C)cc3P3(=O)Oc4ccccc4-c4ccccc43)c(CC=C)c2)ccc1OC(C)(C)P(=O)(Oc1c(C)cccc1C)N(CC=C)CC=C. The van der Waals surface area contributed by atoms with E-state index in [4.69, 9.17) is 36.6 Å². The number of nitrogens with zero attached hydrogens (tertiary/aromatic N) is 2. The highest BCUT2D eigenvalue weighted by molar-refractivity contribution is 7.75. The summed E-state index contributed by atoms with van der Waals surface area (Å²) < 4.78 is 124. The second-order valence-corrected chi connectivity index (χ2v) is 39.4. The minimum atomic E-state index is -4.63. The Bertz CT molecular complexity index is 4750. The van der Waals surface area contributed by atoms with Gasteiger partial charge in [0.1, 0.15) is 62.0 Å². The molecular weight excluding hydrogens is 1390 g/mol. The molecule has 1 aliphatic heterocycles. The van der Waals surface area contributed by atoms with Crippen molar-refractivity contribution in [2.24, 2.45) is 0 Å². The lowest BCUT2D eigenvalue weighted by Gasteiger charge is -2.45. The number of allylic oxidation sites excluding steroid dienone is 2. The minimum Gasteiger partial charge on any atom is -0.486 e. The van der Waals surface area contributed by atoms with Crippen LogP contribution in [0.4, 0.5) is 0 Å². The van der Waals surface area contributed by atoms with E-state index in [1.54, 1.807) is 127 Å². The van der Waals surface area contributed by atoms with Crippen molar-refractivity contribution in [1.29, 1.82) is 0 Å². The molecule has 0 fully saturated rings. The number of rotatable bonds is 35. The second-order valence-electron chi connectivity index (χ2n) is 29.3. The van der Waals surface area contributed by atoms with E-state index in [0.29, 0.717) is 71.1 Å². The van der Waals surface area contributed by atoms with E-state index in [1.165, 1.54) is 0 Å². The maximum absolute atomic E-state index is 17.1. The van der Waals surface area contributed by atoms with Gasteiger partial charge < -0.3 is 36.6 Å². The maximum Gasteiger partial charge on any atom is 0.450 e. The molecule has 0 saturated heterocycles. The van der Waals surface area contributed by atoms with Gasteiger partial charge in [0.25, 0.3) is 0 Å². The van der Waals surface area contributed by atoms with E-state index in [0.717, 1.165) is 55.6 Å². The van der Waals surface area contributed by atoms with Crippen LogP contribution in [-0.2, 0) is 36.5 Å². The molecule has 0 aliphatic carbocycles. The summed E-state index contributed by atoms with van der Waals surface area (Å²) in [5.74, 6) is 2.59. The third-order valence-electron chi connectivity index (χ3n) is 20.2. The van der Waals surface area contributed by atoms with Crippen LogP contribution in [0.2, 0.25) is 0 Å². The molecule has 8 aromatic carbocycles. The van der Waals surface area contributed by atoms with Gasteiger partial charge in [0.2, 0.25) is 5.34 Å². The molecule has 4 atom stereocenters. The van der Waals surface area contributed by atoms with Crippen molar-refractivity contribution in [3.8, 4) is 57.1 Å². The fraction of sp³-hybridized carbons (Fsp3) is 0.310. The minimum absolute atomic E-state index is 0.0417. The Morgan fingerprint density at radius 3 is 1.39 bits per heavy atom. The van der Waals surface area contributed by atoms with Crippen LogP contribution >= 0.6 is 30.1 Å². The van der Waals surface area contributed by atoms with E-state index in [-0.39, 0.29) is 35.6 Å². The van der Waals surface area contributed by atoms with Crippen LogP contribution in [0.25, 0.3) is 11.1 Å². The van der Waals surface area contributed by atoms with Gasteiger partial charge in [-0.2, -0.15) is 0 Å². The summed E-state index contributed by atoms with van der Waals surface area (Å²) in [6.07, 6.45) is 11.2. The van der Waals surface area contributed by atoms with Crippen molar-refractivity contribution in [2.75, 3.05) is 26.2 Å². The molecule has 0 amide bonds. The normalized spacial score (nSPS) is 15.6. The summed E-state index contributed by atoms with van der Waals surface area (Å²) in [7, 11) is -17.3. The van der Waals surface area contributed by atoms with E-state index in [2.05, 4.69) is 59.4 Å². The first-order valence-corrected chi connectivity index (χ1v) is 41.7. The van der Waals surface area contributed by atoms with Crippen molar-refractivity contribution < 1.29 is 54.9 Å². The molecule has 0 N–H and O–H groups in total. The Kier molecular flexibility index (Phi) is 24.4. The molecule has 1 aliphatic rings. The van der Waals surface area contributed by atoms with Crippen LogP contribution in [0.3, 0.4) is 0 Å². The molecule has 14 nitrogen and oxygen atoms in total. The van der Waals surface area contributed by atoms with Gasteiger partial charge in [-0.1, -0.05) is 166 Å². The molecule has 0 aromatic heterocycles. The van der Waals surface area contributed by atoms with Gasteiger partial charge in [0.15, 0.2) is 0 Å². The number of hydrogen-bond acceptors (Lipinski definition) is 13. The van der Waals surface area contributed by atoms with Gasteiger partial charge in [-0.3, -0.25) is 14.0 Å². The monoisotopic (exact) mass is 1490 g/mol. The summed E-state index contributed by atoms with van der Waals surface area (Å²) in [5.41, 5.74) is 7.12. The van der Waals surface area contributed by atoms with Crippen molar-refractivity contribution in [3.05, 3.63) is 289 Å². The molecule has 105 heavy (non-hydrogen) atoms. The standard InChI is InChI=1S/C87H104N2O12P4/c1-23-36-67-58-69(48-51-74(67)95-87(21,22)103(91,89(56-27-5)57-28-6)99-80-61(7)38-33-39-62(80)8)83(13,14)70-49-52-75(68(59-70)37-24-2)98-104(92,100-81-63(9)40-34-41-64(81)10)85(17,18)84(15,16)94-77-53-50-71(60-79(77)102(90)78-47-32-30-45-73(78)72-44-29-31-46-76(72)97-102)96-105(93,86(19,20)88(54-25-3)55-26-4)101-82-65(11)42-35-43-66(82)12/h23-35,38-53,58-60H,1-6,36-37,54-57H2,7-22H3. The predicted molar refractivity (Wildman–Crippen MR) is 434 cm³/mol. The second kappa shape index (κ2) is 31.9. The summed E-state index contributed by atoms with van der Waals surface area (Å²) in [4.78, 5) is 1.91. The highest BCUT2D eigenvalue weighted by Gasteiger charge is 2.60. The van der Waals surface area contributed by atoms with Crippen molar-refractivity contribution >= 4 is 40.7 Å². The van der Waals surface area contributed by atoms with Crippen molar-refractivity contribution in [2.45, 2.75) is 150 Å². The molecule has 0 saturated carbocycles. The smallest absolute Gasteiger partial charge is 0.450 e. The van der Waals surface area contributed by atoms with Crippen molar-refractivity contribution in [1.82, 2.24) is 9.57 Å². The van der Waals surface area contributed by atoms with Crippen molar-refractivity contribution in [3.63, 3.8) is 0 Å². The van der Waals surface area contributed by atoms with Gasteiger partial charge >= 0.3 is 30.1 Å². The van der Waals surface area contributed by atoms with Crippen LogP contribution in [0, 0.1) is 41.5 Å². The van der Waals surface area contributed by atoms with Gasteiger partial charge in [-0.15, -0.1) is 39.5 Å². The Hall–Kier alpha value is -8.56. The molecule has 0 radical (unpaired) electrons. The summed E-state index contributed by atoms with van der Waals surface area (Å²) in [6, 6.07) is 48.6. The number of hydrogen-bond donors (Lipinski definition) is 0. The molecule has 0 spiro atoms. The average Bonchev–Trinajstić information content (AvgIpc) is 0.729. The summed E-state index contributed by atoms with van der Waals surface area (Å²) >= 11 is 0. The maximum atomic E-state index is 17.1. The third-order valence-corrected chi connectivity index (χ3v) is 30.9. The van der Waals surface area contributed by atoms with Crippen LogP contribution in [0.15, 0.2) is 234 Å². The first kappa shape index (κ1) is 80.5. The van der Waals surface area contributed by atoms with E-state index in [9.17, 15) is 0 Å². The lowest BCUT2D eigenvalue weighted by atomic mass is 9.77. The third kappa shape index (κ3) is 16.0. The molecule has 8 aromatic rings.